The van der Waals surface area contributed by atoms with Crippen molar-refractivity contribution in [3.63, 3.8) is 0 Å². The molecule has 0 spiro atoms. The van der Waals surface area contributed by atoms with Gasteiger partial charge in [-0.25, -0.2) is 0 Å². The smallest absolute Gasteiger partial charge is 0.227 e. The number of carbonyl (C=O) groups excluding carboxylic acids is 1. The van der Waals surface area contributed by atoms with Gasteiger partial charge in [0.15, 0.2) is 0 Å². The van der Waals surface area contributed by atoms with Gasteiger partial charge in [0.1, 0.15) is 0 Å². The Kier molecular flexibility index (Phi) is 4.59. The molecule has 25 heavy (non-hydrogen) atoms. The van der Waals surface area contributed by atoms with E-state index in [1.165, 1.54) is 6.42 Å². The molecule has 1 aromatic carbocycles. The van der Waals surface area contributed by atoms with Gasteiger partial charge in [0.2, 0.25) is 5.91 Å². The largest absolute Gasteiger partial charge is 0.385 e. The molecule has 0 radical (unpaired) electrons. The summed E-state index contributed by atoms with van der Waals surface area (Å²) < 4.78 is 0. The van der Waals surface area contributed by atoms with E-state index >= 15 is 0 Å². The molecule has 2 unspecified atom stereocenters. The molecule has 4 atom stereocenters. The average molecular weight is 342 g/mol. The van der Waals surface area contributed by atoms with Crippen molar-refractivity contribution < 1.29 is 9.90 Å². The zero-order valence-corrected chi connectivity index (χ0v) is 15.2. The number of likely N-dealkylation sites (tertiary alicyclic amines) is 2. The summed E-state index contributed by atoms with van der Waals surface area (Å²) in [5, 5.41) is 11.6. The molecule has 2 heterocycles. The van der Waals surface area contributed by atoms with E-state index < -0.39 is 5.60 Å². The molecule has 1 aromatic rings. The summed E-state index contributed by atoms with van der Waals surface area (Å²) in [5.74, 6) is 0.646. The summed E-state index contributed by atoms with van der Waals surface area (Å²) in [6, 6.07) is 10.3. The molecule has 4 heteroatoms. The Labute approximate surface area is 150 Å². The van der Waals surface area contributed by atoms with Crippen molar-refractivity contribution in [3.8, 4) is 0 Å². The van der Waals surface area contributed by atoms with Crippen LogP contribution < -0.4 is 0 Å². The van der Waals surface area contributed by atoms with E-state index in [2.05, 4.69) is 29.0 Å². The molecule has 3 aliphatic rings. The van der Waals surface area contributed by atoms with E-state index in [0.717, 1.165) is 44.3 Å². The van der Waals surface area contributed by atoms with E-state index in [1.54, 1.807) is 0 Å². The quantitative estimate of drug-likeness (QED) is 0.898. The number of rotatable bonds is 2. The molecule has 1 amide bonds. The molecule has 1 N–H and O–H groups in total. The van der Waals surface area contributed by atoms with Gasteiger partial charge in [-0.3, -0.25) is 4.79 Å². The van der Waals surface area contributed by atoms with Crippen LogP contribution in [0.25, 0.3) is 0 Å². The Morgan fingerprint density at radius 1 is 1.12 bits per heavy atom. The van der Waals surface area contributed by atoms with Gasteiger partial charge in [-0.15, -0.1) is 0 Å². The highest BCUT2D eigenvalue weighted by molar-refractivity contribution is 5.80. The van der Waals surface area contributed by atoms with Gasteiger partial charge in [0.25, 0.3) is 0 Å². The predicted molar refractivity (Wildman–Crippen MR) is 98.0 cm³/mol. The minimum atomic E-state index is -0.782. The summed E-state index contributed by atoms with van der Waals surface area (Å²) in [6.07, 6.45) is 6.02. The minimum absolute atomic E-state index is 0.149. The fourth-order valence-electron chi connectivity index (χ4n) is 5.41. The summed E-state index contributed by atoms with van der Waals surface area (Å²) in [7, 11) is 2.10. The van der Waals surface area contributed by atoms with Gasteiger partial charge >= 0.3 is 0 Å². The molecule has 4 rings (SSSR count). The van der Waals surface area contributed by atoms with Crippen molar-refractivity contribution in [2.24, 2.45) is 11.8 Å². The van der Waals surface area contributed by atoms with Crippen LogP contribution >= 0.6 is 0 Å². The number of amides is 1. The average Bonchev–Trinajstić information content (AvgIpc) is 3.09. The number of hydrogen-bond donors (Lipinski definition) is 1. The first-order valence-corrected chi connectivity index (χ1v) is 9.86. The zero-order chi connectivity index (χ0) is 17.4. The first kappa shape index (κ1) is 17.0. The topological polar surface area (TPSA) is 43.8 Å². The number of benzene rings is 1. The third kappa shape index (κ3) is 3.00. The fourth-order valence-corrected chi connectivity index (χ4v) is 5.41. The van der Waals surface area contributed by atoms with Crippen LogP contribution in [0.3, 0.4) is 0 Å². The number of nitrogens with zero attached hydrogens (tertiary/aromatic N) is 2. The van der Waals surface area contributed by atoms with Crippen molar-refractivity contribution in [3.05, 3.63) is 35.9 Å². The predicted octanol–water partition coefficient (Wildman–Crippen LogP) is 2.62. The standard InChI is InChI=1S/C21H30N2O2/c1-22-13-11-16(15-22)20(24)23-14-12-21(25,17-7-3-2-4-8-17)18-9-5-6-10-19(18)23/h2-4,7-8,16,18-19,25H,5-6,9-15H2,1H3/t16?,18-,19+,21?/m1/s1. The van der Waals surface area contributed by atoms with Crippen LogP contribution in [0.15, 0.2) is 30.3 Å². The number of hydrogen-bond acceptors (Lipinski definition) is 3. The van der Waals surface area contributed by atoms with E-state index in [4.69, 9.17) is 0 Å². The van der Waals surface area contributed by atoms with Crippen molar-refractivity contribution in [1.82, 2.24) is 9.80 Å². The summed E-state index contributed by atoms with van der Waals surface area (Å²) >= 11 is 0. The van der Waals surface area contributed by atoms with Crippen molar-refractivity contribution in [2.75, 3.05) is 26.7 Å². The van der Waals surface area contributed by atoms with Crippen LogP contribution in [-0.2, 0) is 10.4 Å². The van der Waals surface area contributed by atoms with Crippen molar-refractivity contribution in [1.29, 1.82) is 0 Å². The number of carbonyl (C=O) groups is 1. The van der Waals surface area contributed by atoms with Crippen LogP contribution in [0.4, 0.5) is 0 Å². The van der Waals surface area contributed by atoms with Crippen molar-refractivity contribution >= 4 is 5.91 Å². The van der Waals surface area contributed by atoms with E-state index in [0.29, 0.717) is 18.9 Å². The summed E-state index contributed by atoms with van der Waals surface area (Å²) in [6.45, 7) is 2.59. The van der Waals surface area contributed by atoms with Gasteiger partial charge in [-0.2, -0.15) is 0 Å². The molecule has 1 aliphatic carbocycles. The summed E-state index contributed by atoms with van der Waals surface area (Å²) in [4.78, 5) is 17.6. The Morgan fingerprint density at radius 3 is 2.60 bits per heavy atom. The highest BCUT2D eigenvalue weighted by Gasteiger charge is 2.51. The van der Waals surface area contributed by atoms with Gasteiger partial charge in [0.05, 0.1) is 11.5 Å². The third-order valence-electron chi connectivity index (χ3n) is 6.77. The monoisotopic (exact) mass is 342 g/mol. The van der Waals surface area contributed by atoms with Crippen LogP contribution in [0, 0.1) is 11.8 Å². The van der Waals surface area contributed by atoms with Crippen LogP contribution in [0.5, 0.6) is 0 Å². The first-order valence-electron chi connectivity index (χ1n) is 9.86. The highest BCUT2D eigenvalue weighted by Crippen LogP contribution is 2.47. The molecule has 4 nitrogen and oxygen atoms in total. The van der Waals surface area contributed by atoms with Gasteiger partial charge in [0, 0.05) is 25.0 Å². The Morgan fingerprint density at radius 2 is 1.88 bits per heavy atom. The first-order chi connectivity index (χ1) is 12.1. The normalized spacial score (nSPS) is 36.2. The lowest BCUT2D eigenvalue weighted by Gasteiger charge is -2.53. The molecule has 3 fully saturated rings. The molecule has 0 aromatic heterocycles. The lowest BCUT2D eigenvalue weighted by Crippen LogP contribution is -2.60. The lowest BCUT2D eigenvalue weighted by molar-refractivity contribution is -0.158. The van der Waals surface area contributed by atoms with E-state index in [9.17, 15) is 9.90 Å². The second-order valence-corrected chi connectivity index (χ2v) is 8.28. The lowest BCUT2D eigenvalue weighted by atomic mass is 9.66. The molecule has 136 valence electrons. The number of aliphatic hydroxyl groups is 1. The van der Waals surface area contributed by atoms with Gasteiger partial charge in [-0.1, -0.05) is 43.2 Å². The molecule has 1 saturated carbocycles. The van der Waals surface area contributed by atoms with Crippen molar-refractivity contribution in [2.45, 2.75) is 50.2 Å². The maximum Gasteiger partial charge on any atom is 0.227 e. The number of fused-ring (bicyclic) bond motifs is 1. The van der Waals surface area contributed by atoms with Gasteiger partial charge in [-0.05, 0) is 44.8 Å². The second-order valence-electron chi connectivity index (χ2n) is 8.28. The SMILES string of the molecule is CN1CCC(C(=O)N2CCC(O)(c3ccccc3)[C@@H]3CCCC[C@@H]32)C1. The molecule has 0 bridgehead atoms. The second kappa shape index (κ2) is 6.73. The molecular formula is C21H30N2O2. The number of piperidine rings is 1. The Hall–Kier alpha value is -1.39. The van der Waals surface area contributed by atoms with E-state index in [1.807, 2.05) is 18.2 Å². The highest BCUT2D eigenvalue weighted by atomic mass is 16.3. The maximum absolute atomic E-state index is 13.2. The Balaban J connectivity index is 1.59. The van der Waals surface area contributed by atoms with Crippen LogP contribution in [0.1, 0.15) is 44.1 Å². The molecule has 2 saturated heterocycles. The van der Waals surface area contributed by atoms with Crippen LogP contribution in [-0.4, -0.2) is 53.5 Å². The van der Waals surface area contributed by atoms with Gasteiger partial charge < -0.3 is 14.9 Å². The summed E-state index contributed by atoms with van der Waals surface area (Å²) in [5.41, 5.74) is 0.245. The van der Waals surface area contributed by atoms with Crippen LogP contribution in [0.2, 0.25) is 0 Å². The Bertz CT molecular complexity index is 620. The molecular weight excluding hydrogens is 312 g/mol. The third-order valence-corrected chi connectivity index (χ3v) is 6.77. The zero-order valence-electron chi connectivity index (χ0n) is 15.2. The van der Waals surface area contributed by atoms with E-state index in [-0.39, 0.29) is 17.9 Å². The molecule has 2 aliphatic heterocycles. The minimum Gasteiger partial charge on any atom is -0.385 e. The fraction of sp³-hybridized carbons (Fsp3) is 0.667. The maximum atomic E-state index is 13.2.